The lowest BCUT2D eigenvalue weighted by Crippen LogP contribution is -2.27. The second-order valence-corrected chi connectivity index (χ2v) is 7.68. The van der Waals surface area contributed by atoms with Gasteiger partial charge in [0.2, 0.25) is 6.79 Å². The van der Waals surface area contributed by atoms with Gasteiger partial charge < -0.3 is 19.3 Å². The number of amides is 1. The van der Waals surface area contributed by atoms with Crippen LogP contribution in [0.25, 0.3) is 22.4 Å². The van der Waals surface area contributed by atoms with E-state index >= 15 is 0 Å². The second-order valence-electron chi connectivity index (χ2n) is 7.68. The Morgan fingerprint density at radius 2 is 1.81 bits per heavy atom. The van der Waals surface area contributed by atoms with Gasteiger partial charge in [-0.25, -0.2) is 4.98 Å². The number of hydrogen-bond acceptors (Lipinski definition) is 6. The van der Waals surface area contributed by atoms with Crippen LogP contribution in [0, 0.1) is 13.8 Å². The Morgan fingerprint density at radius 3 is 2.61 bits per heavy atom. The minimum Gasteiger partial charge on any atom is -0.454 e. The zero-order valence-corrected chi connectivity index (χ0v) is 17.4. The maximum atomic E-state index is 13.3. The first kappa shape index (κ1) is 19.1. The van der Waals surface area contributed by atoms with Gasteiger partial charge in [0, 0.05) is 5.56 Å². The summed E-state index contributed by atoms with van der Waals surface area (Å²) in [6.45, 7) is 5.96. The van der Waals surface area contributed by atoms with Gasteiger partial charge in [-0.05, 0) is 44.5 Å². The van der Waals surface area contributed by atoms with Crippen molar-refractivity contribution in [2.45, 2.75) is 26.8 Å². The largest absolute Gasteiger partial charge is 0.454 e. The smallest absolute Gasteiger partial charge is 0.259 e. The van der Waals surface area contributed by atoms with Crippen molar-refractivity contribution in [1.29, 1.82) is 0 Å². The lowest BCUT2D eigenvalue weighted by atomic mass is 10.0. The maximum absolute atomic E-state index is 13.3. The number of hydrogen-bond donors (Lipinski definition) is 1. The van der Waals surface area contributed by atoms with Crippen LogP contribution in [0.1, 0.15) is 40.1 Å². The molecule has 5 rings (SSSR count). The summed E-state index contributed by atoms with van der Waals surface area (Å²) in [5, 5.41) is 7.70. The Morgan fingerprint density at radius 1 is 1.03 bits per heavy atom. The Labute approximate surface area is 179 Å². The van der Waals surface area contributed by atoms with E-state index in [0.717, 1.165) is 16.7 Å². The lowest BCUT2D eigenvalue weighted by Gasteiger charge is -2.16. The van der Waals surface area contributed by atoms with Crippen LogP contribution in [0.15, 0.2) is 53.1 Å². The first-order valence-corrected chi connectivity index (χ1v) is 10.0. The van der Waals surface area contributed by atoms with Crippen molar-refractivity contribution in [2.75, 3.05) is 6.79 Å². The third-order valence-corrected chi connectivity index (χ3v) is 5.45. The van der Waals surface area contributed by atoms with Crippen molar-refractivity contribution in [2.24, 2.45) is 0 Å². The van der Waals surface area contributed by atoms with Crippen molar-refractivity contribution < 1.29 is 18.8 Å². The van der Waals surface area contributed by atoms with Crippen LogP contribution >= 0.6 is 0 Å². The molecule has 1 aliphatic heterocycles. The van der Waals surface area contributed by atoms with Crippen LogP contribution in [-0.4, -0.2) is 22.8 Å². The van der Waals surface area contributed by atoms with Crippen LogP contribution < -0.4 is 14.8 Å². The molecule has 1 aliphatic rings. The third kappa shape index (κ3) is 3.48. The highest BCUT2D eigenvalue weighted by Crippen LogP contribution is 2.34. The van der Waals surface area contributed by atoms with E-state index in [-0.39, 0.29) is 18.7 Å². The second kappa shape index (κ2) is 7.43. The predicted octanol–water partition coefficient (Wildman–Crippen LogP) is 4.73. The number of pyridine rings is 1. The predicted molar refractivity (Wildman–Crippen MR) is 115 cm³/mol. The van der Waals surface area contributed by atoms with Gasteiger partial charge in [-0.1, -0.05) is 41.1 Å². The number of aromatic nitrogens is 2. The van der Waals surface area contributed by atoms with E-state index in [1.54, 1.807) is 13.0 Å². The molecule has 4 aromatic rings. The molecule has 7 heteroatoms. The molecule has 0 aliphatic carbocycles. The summed E-state index contributed by atoms with van der Waals surface area (Å²) in [7, 11) is 0. The van der Waals surface area contributed by atoms with Crippen LogP contribution in [0.4, 0.5) is 0 Å². The molecule has 0 bridgehead atoms. The SMILES string of the molecule is Cc1ccc(-c2cc(C(=O)NC(C)c3ccc4c(c3)OCO4)c3c(C)noc3n2)cc1. The van der Waals surface area contributed by atoms with E-state index in [2.05, 4.69) is 15.5 Å². The van der Waals surface area contributed by atoms with E-state index in [1.165, 1.54) is 0 Å². The highest BCUT2D eigenvalue weighted by atomic mass is 16.7. The molecule has 31 heavy (non-hydrogen) atoms. The van der Waals surface area contributed by atoms with Crippen molar-refractivity contribution in [3.63, 3.8) is 0 Å². The Bertz CT molecular complexity index is 1290. The van der Waals surface area contributed by atoms with Crippen molar-refractivity contribution in [1.82, 2.24) is 15.5 Å². The molecular weight excluding hydrogens is 394 g/mol. The number of fused-ring (bicyclic) bond motifs is 2. The van der Waals surface area contributed by atoms with Gasteiger partial charge in [0.05, 0.1) is 28.4 Å². The van der Waals surface area contributed by atoms with Crippen LogP contribution in [0.5, 0.6) is 11.5 Å². The van der Waals surface area contributed by atoms with E-state index in [1.807, 2.05) is 56.3 Å². The normalized spacial score (nSPS) is 13.4. The molecular formula is C24H21N3O4. The van der Waals surface area contributed by atoms with Crippen molar-refractivity contribution in [3.05, 3.63) is 70.9 Å². The van der Waals surface area contributed by atoms with E-state index in [9.17, 15) is 4.79 Å². The molecule has 2 aromatic carbocycles. The molecule has 3 heterocycles. The topological polar surface area (TPSA) is 86.5 Å². The number of nitrogens with zero attached hydrogens (tertiary/aromatic N) is 2. The highest BCUT2D eigenvalue weighted by molar-refractivity contribution is 6.07. The van der Waals surface area contributed by atoms with Crippen molar-refractivity contribution in [3.8, 4) is 22.8 Å². The average molecular weight is 415 g/mol. The molecule has 0 radical (unpaired) electrons. The van der Waals surface area contributed by atoms with Gasteiger partial charge in [0.25, 0.3) is 11.6 Å². The molecule has 1 unspecified atom stereocenters. The van der Waals surface area contributed by atoms with Gasteiger partial charge in [0.15, 0.2) is 11.5 Å². The van der Waals surface area contributed by atoms with Gasteiger partial charge in [-0.3, -0.25) is 4.79 Å². The van der Waals surface area contributed by atoms with Crippen molar-refractivity contribution >= 4 is 17.0 Å². The highest BCUT2D eigenvalue weighted by Gasteiger charge is 2.22. The minimum absolute atomic E-state index is 0.211. The fourth-order valence-electron chi connectivity index (χ4n) is 3.69. The number of carbonyl (C=O) groups excluding carboxylic acids is 1. The Hall–Kier alpha value is -3.87. The molecule has 2 aromatic heterocycles. The first-order valence-electron chi connectivity index (χ1n) is 10.0. The van der Waals surface area contributed by atoms with E-state index in [4.69, 9.17) is 14.0 Å². The summed E-state index contributed by atoms with van der Waals surface area (Å²) in [5.41, 5.74) is 5.07. The molecule has 1 amide bonds. The van der Waals surface area contributed by atoms with Gasteiger partial charge >= 0.3 is 0 Å². The average Bonchev–Trinajstić information content (AvgIpc) is 3.39. The molecule has 0 fully saturated rings. The number of carbonyl (C=O) groups is 1. The van der Waals surface area contributed by atoms with E-state index in [0.29, 0.717) is 39.6 Å². The fourth-order valence-corrected chi connectivity index (χ4v) is 3.69. The molecule has 0 spiro atoms. The number of benzene rings is 2. The summed E-state index contributed by atoms with van der Waals surface area (Å²) in [4.78, 5) is 17.9. The quantitative estimate of drug-likeness (QED) is 0.519. The van der Waals surface area contributed by atoms with Crippen LogP contribution in [-0.2, 0) is 0 Å². The number of aryl methyl sites for hydroxylation is 2. The lowest BCUT2D eigenvalue weighted by molar-refractivity contribution is 0.0941. The van der Waals surface area contributed by atoms with Crippen LogP contribution in [0.3, 0.4) is 0 Å². The first-order chi connectivity index (χ1) is 15.0. The number of nitrogens with one attached hydrogen (secondary N) is 1. The van der Waals surface area contributed by atoms with Gasteiger partial charge in [0.1, 0.15) is 0 Å². The Balaban J connectivity index is 1.50. The summed E-state index contributed by atoms with van der Waals surface area (Å²) in [6.07, 6.45) is 0. The molecule has 7 nitrogen and oxygen atoms in total. The minimum atomic E-state index is -0.242. The Kier molecular flexibility index (Phi) is 4.58. The third-order valence-electron chi connectivity index (χ3n) is 5.45. The molecule has 1 atom stereocenters. The molecule has 156 valence electrons. The molecule has 1 N–H and O–H groups in total. The zero-order valence-electron chi connectivity index (χ0n) is 17.4. The standard InChI is InChI=1S/C24H21N3O4/c1-13-4-6-16(7-5-13)19-11-18(22-15(3)27-31-24(22)26-19)23(28)25-14(2)17-8-9-20-21(10-17)30-12-29-20/h4-11,14H,12H2,1-3H3,(H,25,28). The van der Waals surface area contributed by atoms with E-state index < -0.39 is 0 Å². The summed E-state index contributed by atoms with van der Waals surface area (Å²) < 4.78 is 16.2. The van der Waals surface area contributed by atoms with Gasteiger partial charge in [-0.15, -0.1) is 0 Å². The number of rotatable bonds is 4. The summed E-state index contributed by atoms with van der Waals surface area (Å²) in [5.74, 6) is 1.17. The summed E-state index contributed by atoms with van der Waals surface area (Å²) >= 11 is 0. The monoisotopic (exact) mass is 415 g/mol. The van der Waals surface area contributed by atoms with Gasteiger partial charge in [-0.2, -0.15) is 0 Å². The summed E-state index contributed by atoms with van der Waals surface area (Å²) in [6, 6.07) is 15.2. The number of ether oxygens (including phenoxy) is 2. The zero-order chi connectivity index (χ0) is 21.5. The van der Waals surface area contributed by atoms with Crippen LogP contribution in [0.2, 0.25) is 0 Å². The maximum Gasteiger partial charge on any atom is 0.259 e. The fraction of sp³-hybridized carbons (Fsp3) is 0.208. The molecule has 0 saturated heterocycles. The molecule has 0 saturated carbocycles.